The SMILES string of the molecule is CCC(C)(C)NC(=O)CN1CCC(C)(C(=O)O)C1. The number of amides is 1. The van der Waals surface area contributed by atoms with E-state index in [2.05, 4.69) is 5.32 Å². The zero-order chi connectivity index (χ0) is 14.0. The molecular weight excluding hydrogens is 232 g/mol. The van der Waals surface area contributed by atoms with E-state index in [1.165, 1.54) is 0 Å². The number of carbonyl (C=O) groups is 2. The van der Waals surface area contributed by atoms with E-state index in [0.717, 1.165) is 6.42 Å². The predicted molar refractivity (Wildman–Crippen MR) is 69.3 cm³/mol. The number of carboxylic acids is 1. The van der Waals surface area contributed by atoms with Gasteiger partial charge in [0.05, 0.1) is 12.0 Å². The second-order valence-corrected chi connectivity index (χ2v) is 6.11. The van der Waals surface area contributed by atoms with Gasteiger partial charge >= 0.3 is 5.97 Å². The van der Waals surface area contributed by atoms with Gasteiger partial charge in [0.1, 0.15) is 0 Å². The second-order valence-electron chi connectivity index (χ2n) is 6.11. The van der Waals surface area contributed by atoms with Gasteiger partial charge in [-0.25, -0.2) is 0 Å². The number of nitrogens with one attached hydrogen (secondary N) is 1. The van der Waals surface area contributed by atoms with Crippen molar-refractivity contribution in [3.8, 4) is 0 Å². The Morgan fingerprint density at radius 1 is 1.44 bits per heavy atom. The Morgan fingerprint density at radius 3 is 2.50 bits per heavy atom. The lowest BCUT2D eigenvalue weighted by atomic mass is 9.90. The topological polar surface area (TPSA) is 69.6 Å². The van der Waals surface area contributed by atoms with Gasteiger partial charge in [-0.3, -0.25) is 14.5 Å². The summed E-state index contributed by atoms with van der Waals surface area (Å²) in [5, 5.41) is 12.1. The molecule has 0 aromatic rings. The molecule has 0 spiro atoms. The third-order valence-electron chi connectivity index (χ3n) is 3.80. The van der Waals surface area contributed by atoms with Crippen LogP contribution in [0.4, 0.5) is 0 Å². The number of carboxylic acid groups (broad SMARTS) is 1. The smallest absolute Gasteiger partial charge is 0.310 e. The summed E-state index contributed by atoms with van der Waals surface area (Å²) in [6.07, 6.45) is 1.47. The molecule has 1 rings (SSSR count). The lowest BCUT2D eigenvalue weighted by molar-refractivity contribution is -0.147. The van der Waals surface area contributed by atoms with E-state index in [9.17, 15) is 9.59 Å². The van der Waals surface area contributed by atoms with Crippen LogP contribution in [0.15, 0.2) is 0 Å². The quantitative estimate of drug-likeness (QED) is 0.772. The highest BCUT2D eigenvalue weighted by molar-refractivity contribution is 5.79. The molecule has 1 aliphatic rings. The molecule has 0 bridgehead atoms. The molecule has 0 aliphatic carbocycles. The van der Waals surface area contributed by atoms with Gasteiger partial charge < -0.3 is 10.4 Å². The third kappa shape index (κ3) is 3.70. The fraction of sp³-hybridized carbons (Fsp3) is 0.846. The maximum Gasteiger partial charge on any atom is 0.310 e. The van der Waals surface area contributed by atoms with Crippen molar-refractivity contribution < 1.29 is 14.7 Å². The first kappa shape index (κ1) is 15.0. The van der Waals surface area contributed by atoms with E-state index >= 15 is 0 Å². The van der Waals surface area contributed by atoms with Crippen LogP contribution >= 0.6 is 0 Å². The number of likely N-dealkylation sites (tertiary alicyclic amines) is 1. The molecule has 1 atom stereocenters. The van der Waals surface area contributed by atoms with E-state index in [1.807, 2.05) is 25.7 Å². The second kappa shape index (κ2) is 5.26. The molecular formula is C13H24N2O3. The maximum atomic E-state index is 11.9. The maximum absolute atomic E-state index is 11.9. The van der Waals surface area contributed by atoms with Gasteiger partial charge in [-0.15, -0.1) is 0 Å². The highest BCUT2D eigenvalue weighted by atomic mass is 16.4. The fourth-order valence-corrected chi connectivity index (χ4v) is 2.07. The summed E-state index contributed by atoms with van der Waals surface area (Å²) in [6, 6.07) is 0. The third-order valence-corrected chi connectivity index (χ3v) is 3.80. The molecule has 1 aliphatic heterocycles. The number of hydrogen-bond donors (Lipinski definition) is 2. The molecule has 1 saturated heterocycles. The Hall–Kier alpha value is -1.10. The van der Waals surface area contributed by atoms with E-state index in [4.69, 9.17) is 5.11 Å². The van der Waals surface area contributed by atoms with Gasteiger partial charge in [-0.2, -0.15) is 0 Å². The number of hydrogen-bond acceptors (Lipinski definition) is 3. The van der Waals surface area contributed by atoms with Crippen molar-refractivity contribution in [1.29, 1.82) is 0 Å². The largest absolute Gasteiger partial charge is 0.481 e. The lowest BCUT2D eigenvalue weighted by Crippen LogP contribution is -2.47. The van der Waals surface area contributed by atoms with Crippen LogP contribution in [0.2, 0.25) is 0 Å². The van der Waals surface area contributed by atoms with Crippen LogP contribution in [-0.4, -0.2) is 47.1 Å². The first-order valence-electron chi connectivity index (χ1n) is 6.45. The zero-order valence-electron chi connectivity index (χ0n) is 11.7. The zero-order valence-corrected chi connectivity index (χ0v) is 11.7. The minimum absolute atomic E-state index is 0.0310. The van der Waals surface area contributed by atoms with Gasteiger partial charge in [0.25, 0.3) is 0 Å². The summed E-state index contributed by atoms with van der Waals surface area (Å²) in [7, 11) is 0. The molecule has 5 nitrogen and oxygen atoms in total. The Balaban J connectivity index is 2.46. The number of carbonyl (C=O) groups excluding carboxylic acids is 1. The van der Waals surface area contributed by atoms with Crippen LogP contribution in [-0.2, 0) is 9.59 Å². The van der Waals surface area contributed by atoms with Gasteiger partial charge in [0.15, 0.2) is 0 Å². The minimum Gasteiger partial charge on any atom is -0.481 e. The van der Waals surface area contributed by atoms with E-state index in [-0.39, 0.29) is 18.0 Å². The average Bonchev–Trinajstić information content (AvgIpc) is 2.60. The molecule has 1 amide bonds. The van der Waals surface area contributed by atoms with Crippen molar-refractivity contribution in [3.05, 3.63) is 0 Å². The van der Waals surface area contributed by atoms with Crippen LogP contribution in [0.5, 0.6) is 0 Å². The number of rotatable bonds is 5. The van der Waals surface area contributed by atoms with Crippen LogP contribution in [0.25, 0.3) is 0 Å². The van der Waals surface area contributed by atoms with Crippen molar-refractivity contribution in [2.75, 3.05) is 19.6 Å². The van der Waals surface area contributed by atoms with Crippen LogP contribution in [0.1, 0.15) is 40.5 Å². The highest BCUT2D eigenvalue weighted by Gasteiger charge is 2.40. The van der Waals surface area contributed by atoms with Gasteiger partial charge in [0.2, 0.25) is 5.91 Å². The Bertz CT molecular complexity index is 341. The summed E-state index contributed by atoms with van der Waals surface area (Å²) in [4.78, 5) is 24.9. The normalized spacial score (nSPS) is 25.1. The molecule has 2 N–H and O–H groups in total. The predicted octanol–water partition coefficient (Wildman–Crippen LogP) is 1.09. The number of nitrogens with zero attached hydrogens (tertiary/aromatic N) is 1. The Kier molecular flexibility index (Phi) is 4.37. The van der Waals surface area contributed by atoms with Gasteiger partial charge in [-0.05, 0) is 40.2 Å². The molecule has 0 saturated carbocycles. The van der Waals surface area contributed by atoms with Crippen molar-refractivity contribution in [1.82, 2.24) is 10.2 Å². The van der Waals surface area contributed by atoms with Crippen molar-refractivity contribution in [3.63, 3.8) is 0 Å². The van der Waals surface area contributed by atoms with E-state index in [0.29, 0.717) is 19.5 Å². The average molecular weight is 256 g/mol. The summed E-state index contributed by atoms with van der Waals surface area (Å²) in [6.45, 7) is 9.13. The summed E-state index contributed by atoms with van der Waals surface area (Å²) in [5.41, 5.74) is -0.909. The van der Waals surface area contributed by atoms with Crippen LogP contribution in [0, 0.1) is 5.41 Å². The lowest BCUT2D eigenvalue weighted by Gasteiger charge is -2.26. The summed E-state index contributed by atoms with van der Waals surface area (Å²) in [5.74, 6) is -0.809. The highest BCUT2D eigenvalue weighted by Crippen LogP contribution is 2.29. The molecule has 0 aromatic heterocycles. The Morgan fingerprint density at radius 2 is 2.06 bits per heavy atom. The fourth-order valence-electron chi connectivity index (χ4n) is 2.07. The molecule has 5 heteroatoms. The van der Waals surface area contributed by atoms with E-state index < -0.39 is 11.4 Å². The molecule has 1 unspecified atom stereocenters. The van der Waals surface area contributed by atoms with Crippen molar-refractivity contribution in [2.45, 2.75) is 46.1 Å². The standard InChI is InChI=1S/C13H24N2O3/c1-5-12(2,3)14-10(16)8-15-7-6-13(4,9-15)11(17)18/h5-9H2,1-4H3,(H,14,16)(H,17,18). The van der Waals surface area contributed by atoms with Crippen LogP contribution in [0.3, 0.4) is 0 Å². The van der Waals surface area contributed by atoms with Crippen molar-refractivity contribution >= 4 is 11.9 Å². The van der Waals surface area contributed by atoms with Crippen LogP contribution < -0.4 is 5.32 Å². The Labute approximate surface area is 109 Å². The monoisotopic (exact) mass is 256 g/mol. The molecule has 0 radical (unpaired) electrons. The van der Waals surface area contributed by atoms with E-state index in [1.54, 1.807) is 6.92 Å². The molecule has 1 fully saturated rings. The van der Waals surface area contributed by atoms with Gasteiger partial charge in [0, 0.05) is 12.1 Å². The summed E-state index contributed by atoms with van der Waals surface area (Å²) < 4.78 is 0. The van der Waals surface area contributed by atoms with Crippen molar-refractivity contribution in [2.24, 2.45) is 5.41 Å². The minimum atomic E-state index is -0.778. The molecule has 0 aromatic carbocycles. The first-order chi connectivity index (χ1) is 8.18. The molecule has 18 heavy (non-hydrogen) atoms. The summed E-state index contributed by atoms with van der Waals surface area (Å²) >= 11 is 0. The molecule has 1 heterocycles. The first-order valence-corrected chi connectivity index (χ1v) is 6.45. The number of aliphatic carboxylic acids is 1. The van der Waals surface area contributed by atoms with Gasteiger partial charge in [-0.1, -0.05) is 6.92 Å². The molecule has 104 valence electrons.